The van der Waals surface area contributed by atoms with Crippen molar-refractivity contribution in [2.45, 2.75) is 19.9 Å². The first-order valence-corrected chi connectivity index (χ1v) is 5.81. The highest BCUT2D eigenvalue weighted by Gasteiger charge is 2.08. The topological polar surface area (TPSA) is 51.8 Å². The molecule has 1 aromatic heterocycles. The van der Waals surface area contributed by atoms with E-state index >= 15 is 0 Å². The van der Waals surface area contributed by atoms with Crippen molar-refractivity contribution in [2.75, 3.05) is 0 Å². The third-order valence-electron chi connectivity index (χ3n) is 2.59. The highest BCUT2D eigenvalue weighted by Crippen LogP contribution is 2.21. The lowest BCUT2D eigenvalue weighted by molar-refractivity contribution is 0.790. The van der Waals surface area contributed by atoms with Gasteiger partial charge >= 0.3 is 0 Å². The van der Waals surface area contributed by atoms with E-state index in [1.165, 1.54) is 0 Å². The summed E-state index contributed by atoms with van der Waals surface area (Å²) in [6, 6.07) is 7.45. The Bertz CT molecular complexity index is 538. The molecule has 0 spiro atoms. The van der Waals surface area contributed by atoms with Crippen molar-refractivity contribution < 1.29 is 0 Å². The molecule has 3 nitrogen and oxygen atoms in total. The summed E-state index contributed by atoms with van der Waals surface area (Å²) in [5.41, 5.74) is 8.62. The maximum atomic E-state index is 5.94. The second kappa shape index (κ2) is 4.82. The molecule has 1 aromatic carbocycles. The van der Waals surface area contributed by atoms with Gasteiger partial charge in [0, 0.05) is 34.1 Å². The fourth-order valence-electron chi connectivity index (χ4n) is 1.69. The Morgan fingerprint density at radius 1 is 1.35 bits per heavy atom. The van der Waals surface area contributed by atoms with Crippen LogP contribution in [0.3, 0.4) is 0 Å². The zero-order valence-corrected chi connectivity index (χ0v) is 10.6. The molecule has 0 saturated carbocycles. The molecule has 2 rings (SSSR count). The maximum Gasteiger partial charge on any atom is 0.159 e. The van der Waals surface area contributed by atoms with Crippen molar-refractivity contribution in [3.63, 3.8) is 0 Å². The van der Waals surface area contributed by atoms with E-state index in [0.717, 1.165) is 16.8 Å². The van der Waals surface area contributed by atoms with Gasteiger partial charge in [0.15, 0.2) is 5.82 Å². The molecule has 4 heteroatoms. The minimum atomic E-state index is -0.0524. The van der Waals surface area contributed by atoms with E-state index in [0.29, 0.717) is 10.8 Å². The molecule has 0 aliphatic rings. The monoisotopic (exact) mass is 247 g/mol. The highest BCUT2D eigenvalue weighted by molar-refractivity contribution is 6.30. The molecule has 0 saturated heterocycles. The molecule has 2 N–H and O–H groups in total. The third-order valence-corrected chi connectivity index (χ3v) is 2.83. The zero-order valence-electron chi connectivity index (χ0n) is 9.81. The normalized spacial score (nSPS) is 12.5. The molecule has 0 aliphatic heterocycles. The van der Waals surface area contributed by atoms with Crippen molar-refractivity contribution >= 4 is 11.6 Å². The number of hydrogen-bond donors (Lipinski definition) is 1. The Kier molecular flexibility index (Phi) is 3.41. The lowest BCUT2D eigenvalue weighted by Crippen LogP contribution is -2.09. The molecule has 2 aromatic rings. The first-order valence-electron chi connectivity index (χ1n) is 5.43. The Morgan fingerprint density at radius 2 is 2.12 bits per heavy atom. The van der Waals surface area contributed by atoms with Gasteiger partial charge in [-0.25, -0.2) is 9.97 Å². The van der Waals surface area contributed by atoms with E-state index in [-0.39, 0.29) is 6.04 Å². The van der Waals surface area contributed by atoms with Crippen LogP contribution in [0.25, 0.3) is 11.4 Å². The van der Waals surface area contributed by atoms with Crippen molar-refractivity contribution in [1.82, 2.24) is 9.97 Å². The van der Waals surface area contributed by atoms with E-state index in [9.17, 15) is 0 Å². The van der Waals surface area contributed by atoms with Crippen molar-refractivity contribution in [1.29, 1.82) is 0 Å². The van der Waals surface area contributed by atoms with Crippen LogP contribution in [0.5, 0.6) is 0 Å². The molecular weight excluding hydrogens is 234 g/mol. The number of nitrogens with two attached hydrogens (primary N) is 1. The van der Waals surface area contributed by atoms with Gasteiger partial charge in [0.1, 0.15) is 0 Å². The van der Waals surface area contributed by atoms with Gasteiger partial charge in [-0.15, -0.1) is 0 Å². The highest BCUT2D eigenvalue weighted by atomic mass is 35.5. The van der Waals surface area contributed by atoms with Crippen molar-refractivity contribution in [3.05, 3.63) is 46.7 Å². The van der Waals surface area contributed by atoms with E-state index in [2.05, 4.69) is 9.97 Å². The standard InChI is InChI=1S/C13H14ClN3/c1-8(15)12-7-16-13(17-9(12)2)10-4-3-5-11(14)6-10/h3-8H,15H2,1-2H3. The van der Waals surface area contributed by atoms with Crippen LogP contribution >= 0.6 is 11.6 Å². The molecule has 0 aliphatic carbocycles. The number of nitrogens with zero attached hydrogens (tertiary/aromatic N) is 2. The number of aromatic nitrogens is 2. The second-order valence-electron chi connectivity index (χ2n) is 4.03. The number of rotatable bonds is 2. The van der Waals surface area contributed by atoms with Gasteiger partial charge in [-0.2, -0.15) is 0 Å². The molecule has 0 amide bonds. The average Bonchev–Trinajstić information content (AvgIpc) is 2.28. The largest absolute Gasteiger partial charge is 0.324 e. The van der Waals surface area contributed by atoms with E-state index in [4.69, 9.17) is 17.3 Å². The van der Waals surface area contributed by atoms with E-state index in [1.807, 2.05) is 38.1 Å². The quantitative estimate of drug-likeness (QED) is 0.887. The first kappa shape index (κ1) is 12.0. The molecule has 0 radical (unpaired) electrons. The SMILES string of the molecule is Cc1nc(-c2cccc(Cl)c2)ncc1C(C)N. The predicted octanol–water partition coefficient (Wildman–Crippen LogP) is 3.13. The molecule has 88 valence electrons. The van der Waals surface area contributed by atoms with Crippen LogP contribution in [0.4, 0.5) is 0 Å². The molecular formula is C13H14ClN3. The molecule has 0 fully saturated rings. The first-order chi connectivity index (χ1) is 8.08. The van der Waals surface area contributed by atoms with Crippen molar-refractivity contribution in [2.24, 2.45) is 5.73 Å². The Balaban J connectivity index is 2.44. The van der Waals surface area contributed by atoms with Crippen LogP contribution < -0.4 is 5.73 Å². The maximum absolute atomic E-state index is 5.94. The molecule has 1 heterocycles. The third kappa shape index (κ3) is 2.62. The van der Waals surface area contributed by atoms with Gasteiger partial charge in [-0.3, -0.25) is 0 Å². The summed E-state index contributed by atoms with van der Waals surface area (Å²) in [6.45, 7) is 3.86. The zero-order chi connectivity index (χ0) is 12.4. The summed E-state index contributed by atoms with van der Waals surface area (Å²) in [6.07, 6.45) is 1.78. The molecule has 17 heavy (non-hydrogen) atoms. The average molecular weight is 248 g/mol. The fraction of sp³-hybridized carbons (Fsp3) is 0.231. The minimum absolute atomic E-state index is 0.0524. The van der Waals surface area contributed by atoms with Gasteiger partial charge in [0.25, 0.3) is 0 Å². The van der Waals surface area contributed by atoms with Gasteiger partial charge in [0.2, 0.25) is 0 Å². The number of benzene rings is 1. The van der Waals surface area contributed by atoms with Gasteiger partial charge in [0.05, 0.1) is 0 Å². The van der Waals surface area contributed by atoms with Gasteiger partial charge in [-0.1, -0.05) is 23.7 Å². The molecule has 1 atom stereocenters. The Morgan fingerprint density at radius 3 is 2.71 bits per heavy atom. The summed E-state index contributed by atoms with van der Waals surface area (Å²) in [4.78, 5) is 8.78. The summed E-state index contributed by atoms with van der Waals surface area (Å²) in [5, 5.41) is 0.681. The Hall–Kier alpha value is -1.45. The summed E-state index contributed by atoms with van der Waals surface area (Å²) in [5.74, 6) is 0.675. The fourth-order valence-corrected chi connectivity index (χ4v) is 1.88. The van der Waals surface area contributed by atoms with E-state index in [1.54, 1.807) is 6.20 Å². The van der Waals surface area contributed by atoms with Crippen LogP contribution in [0, 0.1) is 6.92 Å². The van der Waals surface area contributed by atoms with Crippen LogP contribution in [-0.4, -0.2) is 9.97 Å². The molecule has 1 unspecified atom stereocenters. The van der Waals surface area contributed by atoms with Crippen LogP contribution in [0.2, 0.25) is 5.02 Å². The number of aryl methyl sites for hydroxylation is 1. The lowest BCUT2D eigenvalue weighted by Gasteiger charge is -2.09. The summed E-state index contributed by atoms with van der Waals surface area (Å²) in [7, 11) is 0. The number of hydrogen-bond acceptors (Lipinski definition) is 3. The van der Waals surface area contributed by atoms with Gasteiger partial charge in [-0.05, 0) is 26.0 Å². The summed E-state index contributed by atoms with van der Waals surface area (Å²) < 4.78 is 0. The van der Waals surface area contributed by atoms with Crippen LogP contribution in [0.1, 0.15) is 24.2 Å². The van der Waals surface area contributed by atoms with Crippen LogP contribution in [0.15, 0.2) is 30.5 Å². The summed E-state index contributed by atoms with van der Waals surface area (Å²) >= 11 is 5.94. The number of halogens is 1. The Labute approximate surface area is 106 Å². The lowest BCUT2D eigenvalue weighted by atomic mass is 10.1. The van der Waals surface area contributed by atoms with Crippen LogP contribution in [-0.2, 0) is 0 Å². The van der Waals surface area contributed by atoms with Crippen molar-refractivity contribution in [3.8, 4) is 11.4 Å². The molecule has 0 bridgehead atoms. The predicted molar refractivity (Wildman–Crippen MR) is 69.8 cm³/mol. The minimum Gasteiger partial charge on any atom is -0.324 e. The smallest absolute Gasteiger partial charge is 0.159 e. The second-order valence-corrected chi connectivity index (χ2v) is 4.47. The van der Waals surface area contributed by atoms with Gasteiger partial charge < -0.3 is 5.73 Å². The van der Waals surface area contributed by atoms with E-state index < -0.39 is 0 Å².